The first-order valence-corrected chi connectivity index (χ1v) is 9.05. The highest BCUT2D eigenvalue weighted by Crippen LogP contribution is 2.03. The van der Waals surface area contributed by atoms with Crippen molar-refractivity contribution in [3.8, 4) is 0 Å². The molecule has 0 saturated heterocycles. The molecule has 0 aromatic carbocycles. The molecule has 0 aromatic heterocycles. The van der Waals surface area contributed by atoms with Crippen LogP contribution in [0.15, 0.2) is 0 Å². The van der Waals surface area contributed by atoms with Crippen molar-refractivity contribution < 1.29 is 18.4 Å². The molecule has 4 nitrogen and oxygen atoms in total. The quantitative estimate of drug-likeness (QED) is 0.341. The van der Waals surface area contributed by atoms with Crippen molar-refractivity contribution in [2.45, 2.75) is 39.0 Å². The van der Waals surface area contributed by atoms with Crippen LogP contribution < -0.4 is 0 Å². The average Bonchev–Trinajstić information content (AvgIpc) is 2.40. The monoisotopic (exact) mass is 318 g/mol. The van der Waals surface area contributed by atoms with Crippen LogP contribution in [-0.4, -0.2) is 90.3 Å². The molecule has 0 fully saturated rings. The Morgan fingerprint density at radius 3 is 1.73 bits per heavy atom. The van der Waals surface area contributed by atoms with Crippen LogP contribution in [0.5, 0.6) is 0 Å². The normalized spacial score (nSPS) is 12.8. The molecule has 4 heteroatoms. The lowest BCUT2D eigenvalue weighted by Gasteiger charge is -2.30. The zero-order chi connectivity index (χ0) is 16.9. The maximum Gasteiger partial charge on any atom is 0.102 e. The van der Waals surface area contributed by atoms with E-state index in [-0.39, 0.29) is 0 Å². The molecule has 0 N–H and O–H groups in total. The minimum absolute atomic E-state index is 0.856. The second-order valence-electron chi connectivity index (χ2n) is 8.04. The minimum Gasteiger partial charge on any atom is -0.381 e. The van der Waals surface area contributed by atoms with E-state index in [9.17, 15) is 0 Å². The molecular weight excluding hydrogens is 276 g/mol. The third kappa shape index (κ3) is 16.2. The third-order valence-electron chi connectivity index (χ3n) is 3.94. The summed E-state index contributed by atoms with van der Waals surface area (Å²) in [6.45, 7) is 9.17. The van der Waals surface area contributed by atoms with Crippen LogP contribution in [0, 0.1) is 0 Å². The molecule has 0 bridgehead atoms. The van der Waals surface area contributed by atoms with Crippen LogP contribution in [0.3, 0.4) is 0 Å². The fourth-order valence-electron chi connectivity index (χ4n) is 2.16. The molecular formula is C18H42N2O2+2. The Balaban J connectivity index is 3.45. The molecule has 0 radical (unpaired) electrons. The highest BCUT2D eigenvalue weighted by Gasteiger charge is 2.14. The van der Waals surface area contributed by atoms with Gasteiger partial charge in [0.1, 0.15) is 13.1 Å². The van der Waals surface area contributed by atoms with E-state index in [2.05, 4.69) is 42.2 Å². The third-order valence-corrected chi connectivity index (χ3v) is 3.94. The van der Waals surface area contributed by atoms with Gasteiger partial charge in [-0.1, -0.05) is 19.8 Å². The summed E-state index contributed by atoms with van der Waals surface area (Å²) in [5.74, 6) is 0. The van der Waals surface area contributed by atoms with E-state index in [0.29, 0.717) is 0 Å². The molecule has 0 heterocycles. The van der Waals surface area contributed by atoms with E-state index < -0.39 is 0 Å². The lowest BCUT2D eigenvalue weighted by Crippen LogP contribution is -2.43. The highest BCUT2D eigenvalue weighted by atomic mass is 16.5. The van der Waals surface area contributed by atoms with E-state index in [1.54, 1.807) is 0 Å². The van der Waals surface area contributed by atoms with Crippen LogP contribution in [0.25, 0.3) is 0 Å². The molecule has 0 amide bonds. The number of rotatable bonds is 15. The Bertz CT molecular complexity index is 250. The average molecular weight is 319 g/mol. The van der Waals surface area contributed by atoms with E-state index in [0.717, 1.165) is 48.5 Å². The zero-order valence-corrected chi connectivity index (χ0v) is 16.2. The van der Waals surface area contributed by atoms with Crippen LogP contribution in [-0.2, 0) is 9.47 Å². The highest BCUT2D eigenvalue weighted by molar-refractivity contribution is 4.42. The smallest absolute Gasteiger partial charge is 0.102 e. The first-order chi connectivity index (χ1) is 10.3. The maximum atomic E-state index is 5.77. The van der Waals surface area contributed by atoms with Gasteiger partial charge in [0.2, 0.25) is 0 Å². The number of nitrogens with zero attached hydrogens (tertiary/aromatic N) is 2. The summed E-state index contributed by atoms with van der Waals surface area (Å²) >= 11 is 0. The Morgan fingerprint density at radius 2 is 1.14 bits per heavy atom. The second kappa shape index (κ2) is 12.3. The van der Waals surface area contributed by atoms with Gasteiger partial charge in [-0.2, -0.15) is 0 Å². The molecule has 0 unspecified atom stereocenters. The van der Waals surface area contributed by atoms with Crippen molar-refractivity contribution in [1.29, 1.82) is 0 Å². The van der Waals surface area contributed by atoms with Crippen molar-refractivity contribution in [2.75, 3.05) is 81.3 Å². The van der Waals surface area contributed by atoms with E-state index in [1.807, 2.05) is 0 Å². The summed E-state index contributed by atoms with van der Waals surface area (Å²) in [5.41, 5.74) is 0. The number of hydrogen-bond acceptors (Lipinski definition) is 2. The maximum absolute atomic E-state index is 5.77. The number of likely N-dealkylation sites (N-methyl/N-ethyl adjacent to an activating group) is 2. The topological polar surface area (TPSA) is 18.5 Å². The molecule has 0 atom stereocenters. The Labute approximate surface area is 139 Å². The van der Waals surface area contributed by atoms with Crippen LogP contribution in [0.2, 0.25) is 0 Å². The van der Waals surface area contributed by atoms with Gasteiger partial charge in [-0.3, -0.25) is 0 Å². The molecule has 0 aliphatic carbocycles. The molecule has 0 saturated carbocycles. The van der Waals surface area contributed by atoms with Crippen LogP contribution in [0.4, 0.5) is 0 Å². The van der Waals surface area contributed by atoms with Gasteiger partial charge in [0, 0.05) is 13.2 Å². The minimum atomic E-state index is 0.856. The van der Waals surface area contributed by atoms with Crippen molar-refractivity contribution in [2.24, 2.45) is 0 Å². The fraction of sp³-hybridized carbons (Fsp3) is 1.00. The van der Waals surface area contributed by atoms with Crippen molar-refractivity contribution in [1.82, 2.24) is 0 Å². The lowest BCUT2D eigenvalue weighted by molar-refractivity contribution is -0.891. The molecule has 0 rings (SSSR count). The molecule has 134 valence electrons. The summed E-state index contributed by atoms with van der Waals surface area (Å²) in [5, 5.41) is 0. The summed E-state index contributed by atoms with van der Waals surface area (Å²) < 4.78 is 13.4. The van der Waals surface area contributed by atoms with E-state index in [4.69, 9.17) is 9.47 Å². The summed E-state index contributed by atoms with van der Waals surface area (Å²) in [6, 6.07) is 0. The Morgan fingerprint density at radius 1 is 0.591 bits per heavy atom. The fourth-order valence-corrected chi connectivity index (χ4v) is 2.16. The van der Waals surface area contributed by atoms with Crippen molar-refractivity contribution in [3.63, 3.8) is 0 Å². The predicted octanol–water partition coefficient (Wildman–Crippen LogP) is 2.77. The lowest BCUT2D eigenvalue weighted by atomic mass is 10.2. The molecule has 22 heavy (non-hydrogen) atoms. The van der Waals surface area contributed by atoms with Gasteiger partial charge in [-0.15, -0.1) is 0 Å². The zero-order valence-electron chi connectivity index (χ0n) is 16.2. The first-order valence-electron chi connectivity index (χ1n) is 9.05. The molecule has 0 aliphatic heterocycles. The van der Waals surface area contributed by atoms with Gasteiger partial charge in [0.15, 0.2) is 0 Å². The first kappa shape index (κ1) is 21.8. The summed E-state index contributed by atoms with van der Waals surface area (Å²) in [6.07, 6.45) is 6.18. The van der Waals surface area contributed by atoms with Gasteiger partial charge in [0.25, 0.3) is 0 Å². The molecule has 0 aliphatic rings. The van der Waals surface area contributed by atoms with E-state index >= 15 is 0 Å². The van der Waals surface area contributed by atoms with Crippen molar-refractivity contribution >= 4 is 0 Å². The summed E-state index contributed by atoms with van der Waals surface area (Å²) in [4.78, 5) is 0. The number of ether oxygens (including phenoxy) is 2. The number of hydrogen-bond donors (Lipinski definition) is 0. The van der Waals surface area contributed by atoms with Crippen LogP contribution >= 0.6 is 0 Å². The Kier molecular flexibility index (Phi) is 12.2. The van der Waals surface area contributed by atoms with Gasteiger partial charge in [0.05, 0.1) is 55.0 Å². The van der Waals surface area contributed by atoms with Gasteiger partial charge in [-0.25, -0.2) is 0 Å². The van der Waals surface area contributed by atoms with E-state index in [1.165, 1.54) is 38.6 Å². The SMILES string of the molecule is CCCCCOCCCC[N+](C)(C)CCOCC[N+](C)(C)C. The van der Waals surface area contributed by atoms with Crippen LogP contribution in [0.1, 0.15) is 39.0 Å². The number of unbranched alkanes of at least 4 members (excludes halogenated alkanes) is 3. The van der Waals surface area contributed by atoms with Crippen molar-refractivity contribution in [3.05, 3.63) is 0 Å². The van der Waals surface area contributed by atoms with Gasteiger partial charge in [-0.05, 0) is 19.3 Å². The molecule has 0 spiro atoms. The molecule has 0 aromatic rings. The Hall–Kier alpha value is -0.160. The van der Waals surface area contributed by atoms with Gasteiger partial charge >= 0.3 is 0 Å². The summed E-state index contributed by atoms with van der Waals surface area (Å²) in [7, 11) is 11.2. The largest absolute Gasteiger partial charge is 0.381 e. The predicted molar refractivity (Wildman–Crippen MR) is 95.1 cm³/mol. The van der Waals surface area contributed by atoms with Gasteiger partial charge < -0.3 is 18.4 Å². The number of quaternary nitrogens is 2. The standard InChI is InChI=1S/C18H42N2O2/c1-7-8-10-15-21-16-11-9-12-20(5,6)14-18-22-17-13-19(2,3)4/h7-18H2,1-6H3/q+2. The second-order valence-corrected chi connectivity index (χ2v) is 8.04.